The van der Waals surface area contributed by atoms with Crippen LogP contribution in [0, 0.1) is 12.7 Å². The van der Waals surface area contributed by atoms with E-state index in [1.165, 1.54) is 6.07 Å². The molecule has 3 rings (SSSR count). The van der Waals surface area contributed by atoms with Crippen LogP contribution < -0.4 is 15.1 Å². The number of hydrogen-bond acceptors (Lipinski definition) is 4. The van der Waals surface area contributed by atoms with Crippen LogP contribution in [0.25, 0.3) is 6.08 Å². The van der Waals surface area contributed by atoms with Crippen LogP contribution >= 0.6 is 0 Å². The summed E-state index contributed by atoms with van der Waals surface area (Å²) in [7, 11) is 0. The molecule has 2 aromatic rings. The van der Waals surface area contributed by atoms with E-state index in [4.69, 9.17) is 4.98 Å². The van der Waals surface area contributed by atoms with E-state index >= 15 is 0 Å². The monoisotopic (exact) mass is 546 g/mol. The van der Waals surface area contributed by atoms with Crippen molar-refractivity contribution in [2.45, 2.75) is 48.4 Å². The molecule has 1 aliphatic heterocycles. The van der Waals surface area contributed by atoms with Crippen molar-refractivity contribution in [3.63, 3.8) is 0 Å². The first-order chi connectivity index (χ1) is 15.1. The minimum absolute atomic E-state index is 0.0911. The predicted molar refractivity (Wildman–Crippen MR) is 136 cm³/mol. The quantitative estimate of drug-likeness (QED) is 0.406. The molecular formula is C25H35FN4OSn. The summed E-state index contributed by atoms with van der Waals surface area (Å²) in [6.07, 6.45) is 4.05. The Kier molecular flexibility index (Phi) is 7.85. The third-order valence-corrected chi connectivity index (χ3v) is 8.63. The molecule has 0 bridgehead atoms. The molecule has 0 fully saturated rings. The molecular weight excluding hydrogens is 510 g/mol. The second kappa shape index (κ2) is 10.2. The van der Waals surface area contributed by atoms with Gasteiger partial charge in [-0.3, -0.25) is 0 Å². The molecule has 0 radical (unpaired) electrons. The molecule has 32 heavy (non-hydrogen) atoms. The second-order valence-corrected chi connectivity index (χ2v) is 24.0. The number of amides is 1. The van der Waals surface area contributed by atoms with Gasteiger partial charge in [0.05, 0.1) is 0 Å². The molecule has 0 unspecified atom stereocenters. The Labute approximate surface area is 195 Å². The van der Waals surface area contributed by atoms with E-state index in [-0.39, 0.29) is 18.3 Å². The van der Waals surface area contributed by atoms with Gasteiger partial charge in [0, 0.05) is 0 Å². The van der Waals surface area contributed by atoms with Gasteiger partial charge in [-0.25, -0.2) is 0 Å². The molecule has 1 amide bonds. The van der Waals surface area contributed by atoms with Crippen LogP contribution in [-0.2, 0) is 4.79 Å². The number of hydrogen-bond donors (Lipinski definition) is 1. The fraction of sp³-hybridized carbons (Fsp3) is 0.440. The number of carbonyl (C=O) groups excluding carboxylic acids is 1. The van der Waals surface area contributed by atoms with Crippen molar-refractivity contribution in [2.24, 2.45) is 0 Å². The van der Waals surface area contributed by atoms with Gasteiger partial charge in [-0.15, -0.1) is 0 Å². The van der Waals surface area contributed by atoms with E-state index in [9.17, 15) is 9.18 Å². The zero-order valence-corrected chi connectivity index (χ0v) is 23.0. The van der Waals surface area contributed by atoms with Gasteiger partial charge in [0.2, 0.25) is 0 Å². The summed E-state index contributed by atoms with van der Waals surface area (Å²) in [5, 5.41) is 3.07. The van der Waals surface area contributed by atoms with Crippen LogP contribution in [0.3, 0.4) is 0 Å². The number of rotatable bonds is 8. The molecule has 0 spiro atoms. The molecule has 1 aliphatic rings. The molecule has 1 N–H and O–H groups in total. The Hall–Kier alpha value is -2.09. The molecule has 0 aliphatic carbocycles. The fourth-order valence-corrected chi connectivity index (χ4v) is 5.88. The van der Waals surface area contributed by atoms with Crippen molar-refractivity contribution in [3.05, 3.63) is 45.4 Å². The van der Waals surface area contributed by atoms with E-state index in [0.717, 1.165) is 60.1 Å². The first kappa shape index (κ1) is 24.5. The molecule has 172 valence electrons. The Morgan fingerprint density at radius 2 is 1.88 bits per heavy atom. The Morgan fingerprint density at radius 1 is 1.19 bits per heavy atom. The number of benzene rings is 1. The summed E-state index contributed by atoms with van der Waals surface area (Å²) in [5.41, 5.74) is 4.21. The first-order valence-electron chi connectivity index (χ1n) is 11.5. The number of anilines is 4. The van der Waals surface area contributed by atoms with Crippen LogP contribution in [-0.4, -0.2) is 48.9 Å². The maximum atomic E-state index is 14.2. The SMILES string of the molecule is CCCN(CCC)c1cc(C)nc2c1NC(=O)CN2c1ccc(F)cc1/C=[CH]\[Sn]([CH3])([CH3])[CH3]. The number of aromatic nitrogens is 1. The number of fused-ring (bicyclic) bond motifs is 1. The van der Waals surface area contributed by atoms with E-state index in [2.05, 4.69) is 43.0 Å². The van der Waals surface area contributed by atoms with Gasteiger partial charge < -0.3 is 0 Å². The fourth-order valence-electron chi connectivity index (χ4n) is 3.94. The summed E-state index contributed by atoms with van der Waals surface area (Å²) < 4.78 is 16.4. The predicted octanol–water partition coefficient (Wildman–Crippen LogP) is 6.14. The van der Waals surface area contributed by atoms with Gasteiger partial charge in [-0.05, 0) is 0 Å². The van der Waals surface area contributed by atoms with Crippen LogP contribution in [0.15, 0.2) is 28.4 Å². The summed E-state index contributed by atoms with van der Waals surface area (Å²) in [6, 6.07) is 6.81. The van der Waals surface area contributed by atoms with Gasteiger partial charge in [0.1, 0.15) is 0 Å². The molecule has 2 heterocycles. The Morgan fingerprint density at radius 3 is 2.50 bits per heavy atom. The average Bonchev–Trinajstić information content (AvgIpc) is 2.71. The van der Waals surface area contributed by atoms with Gasteiger partial charge in [-0.2, -0.15) is 0 Å². The van der Waals surface area contributed by atoms with Gasteiger partial charge in [-0.1, -0.05) is 0 Å². The molecule has 7 heteroatoms. The van der Waals surface area contributed by atoms with E-state index in [1.807, 2.05) is 24.0 Å². The minimum atomic E-state index is -2.23. The number of halogens is 1. The summed E-state index contributed by atoms with van der Waals surface area (Å²) in [4.78, 5) is 28.8. The Bertz CT molecular complexity index is 1010. The van der Waals surface area contributed by atoms with Crippen molar-refractivity contribution < 1.29 is 9.18 Å². The van der Waals surface area contributed by atoms with Crippen molar-refractivity contribution in [2.75, 3.05) is 34.8 Å². The second-order valence-electron chi connectivity index (χ2n) is 9.51. The molecule has 1 aromatic heterocycles. The van der Waals surface area contributed by atoms with Crippen LogP contribution in [0.1, 0.15) is 37.9 Å². The third-order valence-electron chi connectivity index (χ3n) is 5.30. The van der Waals surface area contributed by atoms with Crippen molar-refractivity contribution in [1.29, 1.82) is 0 Å². The van der Waals surface area contributed by atoms with Crippen LogP contribution in [0.5, 0.6) is 0 Å². The van der Waals surface area contributed by atoms with E-state index < -0.39 is 18.4 Å². The zero-order valence-electron chi connectivity index (χ0n) is 20.1. The van der Waals surface area contributed by atoms with Crippen LogP contribution in [0.4, 0.5) is 27.3 Å². The van der Waals surface area contributed by atoms with Gasteiger partial charge in [0.25, 0.3) is 0 Å². The van der Waals surface area contributed by atoms with Crippen molar-refractivity contribution >= 4 is 53.2 Å². The number of aryl methyl sites for hydroxylation is 1. The van der Waals surface area contributed by atoms with E-state index in [1.54, 1.807) is 12.1 Å². The third kappa shape index (κ3) is 5.82. The standard InChI is InChI=1S/C22H26FN4O.3CH3.Sn/c1-5-10-26(11-6-2)19-12-15(4)24-22-21(19)25-20(28)14-27(22)18-9-8-17(23)13-16(18)7-3;;;;/h3,7-9,12-13H,5-6,10-11,14H2,1-2,4H3,(H,25,28);3*1H3;. The van der Waals surface area contributed by atoms with Crippen LogP contribution in [0.2, 0.25) is 14.8 Å². The topological polar surface area (TPSA) is 48.5 Å². The number of nitrogens with one attached hydrogen (secondary N) is 1. The average molecular weight is 545 g/mol. The molecule has 1 aromatic carbocycles. The number of nitrogens with zero attached hydrogens (tertiary/aromatic N) is 3. The number of pyridine rings is 1. The van der Waals surface area contributed by atoms with Crippen molar-refractivity contribution in [1.82, 2.24) is 4.98 Å². The summed E-state index contributed by atoms with van der Waals surface area (Å²) in [6.45, 7) is 8.26. The first-order valence-corrected chi connectivity index (χ1v) is 21.7. The number of carbonyl (C=O) groups is 1. The normalized spacial score (nSPS) is 14.0. The molecule has 0 saturated carbocycles. The molecule has 0 atom stereocenters. The maximum absolute atomic E-state index is 14.2. The molecule has 0 saturated heterocycles. The van der Waals surface area contributed by atoms with Gasteiger partial charge >= 0.3 is 196 Å². The van der Waals surface area contributed by atoms with Crippen molar-refractivity contribution in [3.8, 4) is 0 Å². The van der Waals surface area contributed by atoms with E-state index in [0.29, 0.717) is 0 Å². The van der Waals surface area contributed by atoms with Gasteiger partial charge in [0.15, 0.2) is 0 Å². The zero-order chi connectivity index (χ0) is 23.5. The Balaban J connectivity index is 2.17. The summed E-state index contributed by atoms with van der Waals surface area (Å²) in [5.74, 6) is 0.345. The molecule has 5 nitrogen and oxygen atoms in total. The summed E-state index contributed by atoms with van der Waals surface area (Å²) >= 11 is -2.23.